The van der Waals surface area contributed by atoms with Crippen LogP contribution in [0.3, 0.4) is 0 Å². The molecule has 3 rings (SSSR count). The van der Waals surface area contributed by atoms with Crippen LogP contribution in [-0.4, -0.2) is 53.3 Å². The average molecular weight is 514 g/mol. The van der Waals surface area contributed by atoms with Crippen molar-refractivity contribution in [1.29, 1.82) is 0 Å². The summed E-state index contributed by atoms with van der Waals surface area (Å²) in [5.41, 5.74) is 6.79. The fourth-order valence-electron chi connectivity index (χ4n) is 4.04. The Morgan fingerprint density at radius 2 is 1.81 bits per heavy atom. The second kappa shape index (κ2) is 12.1. The Hall–Kier alpha value is -4.28. The lowest BCUT2D eigenvalue weighted by Gasteiger charge is -2.25. The number of nitrogens with zero attached hydrogens (tertiary/aromatic N) is 1. The van der Waals surface area contributed by atoms with Gasteiger partial charge >= 0.3 is 6.03 Å². The van der Waals surface area contributed by atoms with E-state index in [-0.39, 0.29) is 25.1 Å². The molecule has 2 aromatic rings. The van der Waals surface area contributed by atoms with Gasteiger partial charge in [0.1, 0.15) is 23.7 Å². The highest BCUT2D eigenvalue weighted by Gasteiger charge is 2.40. The van der Waals surface area contributed by atoms with Crippen LogP contribution in [0.4, 0.5) is 19.3 Å². The number of hydrogen-bond donors (Lipinski definition) is 4. The minimum absolute atomic E-state index is 0.0000562. The summed E-state index contributed by atoms with van der Waals surface area (Å²) in [5.74, 6) is -3.50. The summed E-state index contributed by atoms with van der Waals surface area (Å²) in [4.78, 5) is 51.8. The van der Waals surface area contributed by atoms with Gasteiger partial charge < -0.3 is 26.6 Å². The van der Waals surface area contributed by atoms with Crippen molar-refractivity contribution in [1.82, 2.24) is 15.5 Å². The number of urea groups is 1. The molecule has 1 aliphatic heterocycles. The van der Waals surface area contributed by atoms with Gasteiger partial charge in [0.25, 0.3) is 0 Å². The first-order chi connectivity index (χ1) is 17.5. The molecular weight excluding hydrogens is 484 g/mol. The fraction of sp³-hybridized carbons (Fsp3) is 0.308. The van der Waals surface area contributed by atoms with Crippen molar-refractivity contribution in [2.45, 2.75) is 44.8 Å². The van der Waals surface area contributed by atoms with E-state index in [2.05, 4.69) is 16.0 Å². The molecule has 0 spiro atoms. The molecule has 3 unspecified atom stereocenters. The summed E-state index contributed by atoms with van der Waals surface area (Å²) in [6, 6.07) is 8.28. The first kappa shape index (κ1) is 27.3. The first-order valence-electron chi connectivity index (χ1n) is 11.6. The molecule has 1 fully saturated rings. The number of allylic oxidation sites excluding steroid dienone is 1. The topological polar surface area (TPSA) is 134 Å². The zero-order chi connectivity index (χ0) is 27.1. The number of halogens is 2. The molecule has 2 aromatic carbocycles. The molecular formula is C26H29F2N5O4. The number of anilines is 1. The van der Waals surface area contributed by atoms with E-state index in [0.717, 1.165) is 17.7 Å². The van der Waals surface area contributed by atoms with Gasteiger partial charge in [-0.3, -0.25) is 14.4 Å². The van der Waals surface area contributed by atoms with E-state index in [4.69, 9.17) is 5.73 Å². The van der Waals surface area contributed by atoms with Crippen LogP contribution >= 0.6 is 0 Å². The van der Waals surface area contributed by atoms with Crippen molar-refractivity contribution < 1.29 is 28.0 Å². The number of benzene rings is 2. The molecule has 0 saturated carbocycles. The van der Waals surface area contributed by atoms with Crippen LogP contribution < -0.4 is 21.7 Å². The van der Waals surface area contributed by atoms with E-state index in [1.165, 1.54) is 11.0 Å². The number of rotatable bonds is 8. The second-order valence-electron chi connectivity index (χ2n) is 9.04. The quantitative estimate of drug-likeness (QED) is 0.403. The van der Waals surface area contributed by atoms with Crippen LogP contribution in [0.15, 0.2) is 60.2 Å². The van der Waals surface area contributed by atoms with Crippen LogP contribution in [0, 0.1) is 11.6 Å². The van der Waals surface area contributed by atoms with Gasteiger partial charge in [-0.15, -0.1) is 0 Å². The predicted octanol–water partition coefficient (Wildman–Crippen LogP) is 2.23. The van der Waals surface area contributed by atoms with E-state index in [1.54, 1.807) is 38.1 Å². The largest absolute Gasteiger partial charge is 0.368 e. The monoisotopic (exact) mass is 513 g/mol. The van der Waals surface area contributed by atoms with Crippen LogP contribution in [0.25, 0.3) is 0 Å². The van der Waals surface area contributed by atoms with Gasteiger partial charge in [-0.25, -0.2) is 13.6 Å². The highest BCUT2D eigenvalue weighted by molar-refractivity contribution is 5.96. The smallest absolute Gasteiger partial charge is 0.319 e. The summed E-state index contributed by atoms with van der Waals surface area (Å²) in [6.07, 6.45) is 1.58. The zero-order valence-corrected chi connectivity index (χ0v) is 20.5. The molecule has 1 saturated heterocycles. The van der Waals surface area contributed by atoms with Gasteiger partial charge in [0.15, 0.2) is 0 Å². The third-order valence-electron chi connectivity index (χ3n) is 5.76. The molecule has 0 radical (unpaired) electrons. The zero-order valence-electron chi connectivity index (χ0n) is 20.5. The number of nitrogens with one attached hydrogen (secondary N) is 3. The summed E-state index contributed by atoms with van der Waals surface area (Å²) >= 11 is 0. The minimum Gasteiger partial charge on any atom is -0.368 e. The molecule has 1 heterocycles. The van der Waals surface area contributed by atoms with Gasteiger partial charge in [0.2, 0.25) is 17.7 Å². The van der Waals surface area contributed by atoms with E-state index in [1.807, 2.05) is 6.07 Å². The molecule has 37 heavy (non-hydrogen) atoms. The highest BCUT2D eigenvalue weighted by Crippen LogP contribution is 2.21. The Morgan fingerprint density at radius 3 is 2.43 bits per heavy atom. The molecule has 5 N–H and O–H groups in total. The maximum absolute atomic E-state index is 13.9. The normalized spacial score (nSPS) is 17.5. The van der Waals surface area contributed by atoms with Crippen LogP contribution in [0.1, 0.15) is 25.8 Å². The first-order valence-corrected chi connectivity index (χ1v) is 11.6. The number of amides is 5. The third-order valence-corrected chi connectivity index (χ3v) is 5.76. The standard InChI is InChI=1S/C26H29F2N5O4/c1-15(2)10-23(34)33-14-18(30-26(37)32-20-9-8-17(27)12-19(20)28)13-22(33)25(36)31-21(24(29)35)11-16-6-4-3-5-7-16/h3-10,12,18,21-22H,11,13-14H2,1-2H3,(H2,29,35)(H,31,36)(H2,30,32,37). The fourth-order valence-corrected chi connectivity index (χ4v) is 4.04. The van der Waals surface area contributed by atoms with Crippen LogP contribution in [0.2, 0.25) is 0 Å². The lowest BCUT2D eigenvalue weighted by atomic mass is 10.0. The van der Waals surface area contributed by atoms with Gasteiger partial charge in [-0.05, 0) is 38.0 Å². The molecule has 9 nitrogen and oxygen atoms in total. The van der Waals surface area contributed by atoms with Crippen LogP contribution in [0.5, 0.6) is 0 Å². The van der Waals surface area contributed by atoms with Gasteiger partial charge in [-0.1, -0.05) is 35.9 Å². The number of nitrogens with two attached hydrogens (primary N) is 1. The summed E-state index contributed by atoms with van der Waals surface area (Å²) < 4.78 is 27.0. The van der Waals surface area contributed by atoms with Crippen molar-refractivity contribution in [2.24, 2.45) is 5.73 Å². The molecule has 5 amide bonds. The Balaban J connectivity index is 1.72. The van der Waals surface area contributed by atoms with Crippen molar-refractivity contribution in [2.75, 3.05) is 11.9 Å². The van der Waals surface area contributed by atoms with Crippen molar-refractivity contribution in [3.63, 3.8) is 0 Å². The molecule has 0 aromatic heterocycles. The van der Waals surface area contributed by atoms with Gasteiger partial charge in [0.05, 0.1) is 11.7 Å². The average Bonchev–Trinajstić information content (AvgIpc) is 3.24. The second-order valence-corrected chi connectivity index (χ2v) is 9.04. The number of carbonyl (C=O) groups excluding carboxylic acids is 4. The Kier molecular flexibility index (Phi) is 8.94. The molecule has 196 valence electrons. The molecule has 1 aliphatic rings. The van der Waals surface area contributed by atoms with Crippen molar-refractivity contribution in [3.8, 4) is 0 Å². The molecule has 3 atom stereocenters. The maximum Gasteiger partial charge on any atom is 0.319 e. The van der Waals surface area contributed by atoms with E-state index >= 15 is 0 Å². The predicted molar refractivity (Wildman–Crippen MR) is 133 cm³/mol. The van der Waals surface area contributed by atoms with E-state index < -0.39 is 53.5 Å². The lowest BCUT2D eigenvalue weighted by molar-refractivity contribution is -0.136. The Labute approximate surface area is 213 Å². The SMILES string of the molecule is CC(C)=CC(=O)N1CC(NC(=O)Nc2ccc(F)cc2F)CC1C(=O)NC(Cc1ccccc1)C(N)=O. The van der Waals surface area contributed by atoms with Gasteiger partial charge in [-0.2, -0.15) is 0 Å². The third kappa shape index (κ3) is 7.60. The Morgan fingerprint density at radius 1 is 1.11 bits per heavy atom. The molecule has 0 aliphatic carbocycles. The molecule has 0 bridgehead atoms. The summed E-state index contributed by atoms with van der Waals surface area (Å²) in [5, 5.41) is 7.53. The number of primary amides is 1. The summed E-state index contributed by atoms with van der Waals surface area (Å²) in [6.45, 7) is 3.46. The minimum atomic E-state index is -1.01. The van der Waals surface area contributed by atoms with Crippen LogP contribution in [-0.2, 0) is 20.8 Å². The van der Waals surface area contributed by atoms with Crippen molar-refractivity contribution in [3.05, 3.63) is 77.4 Å². The number of likely N-dealkylation sites (tertiary alicyclic amines) is 1. The highest BCUT2D eigenvalue weighted by atomic mass is 19.1. The number of hydrogen-bond acceptors (Lipinski definition) is 4. The van der Waals surface area contributed by atoms with E-state index in [0.29, 0.717) is 11.6 Å². The lowest BCUT2D eigenvalue weighted by Crippen LogP contribution is -2.52. The number of carbonyl (C=O) groups is 4. The van der Waals surface area contributed by atoms with Gasteiger partial charge in [0, 0.05) is 25.1 Å². The maximum atomic E-state index is 13.9. The Bertz CT molecular complexity index is 1200. The summed E-state index contributed by atoms with van der Waals surface area (Å²) in [7, 11) is 0. The van der Waals surface area contributed by atoms with Crippen molar-refractivity contribution >= 4 is 29.4 Å². The van der Waals surface area contributed by atoms with E-state index in [9.17, 15) is 28.0 Å². The molecule has 11 heteroatoms.